The maximum Gasteiger partial charge on any atom is 0.315 e. The highest BCUT2D eigenvalue weighted by molar-refractivity contribution is 6.03. The van der Waals surface area contributed by atoms with Gasteiger partial charge in [0.25, 0.3) is 5.91 Å². The first kappa shape index (κ1) is 17.9. The lowest BCUT2D eigenvalue weighted by Gasteiger charge is -2.25. The average molecular weight is 355 g/mol. The van der Waals surface area contributed by atoms with Crippen molar-refractivity contribution < 1.29 is 23.9 Å². The molecule has 0 radical (unpaired) electrons. The third kappa shape index (κ3) is 3.03. The maximum atomic E-state index is 12.6. The third-order valence-corrected chi connectivity index (χ3v) is 5.00. The summed E-state index contributed by atoms with van der Waals surface area (Å²) in [6.07, 6.45) is 1.80. The molecule has 1 amide bonds. The summed E-state index contributed by atoms with van der Waals surface area (Å²) in [6, 6.07) is 8.76. The number of carbonyl (C=O) groups is 3. The lowest BCUT2D eigenvalue weighted by Crippen LogP contribution is -2.44. The van der Waals surface area contributed by atoms with Crippen LogP contribution in [-0.2, 0) is 16.6 Å². The lowest BCUT2D eigenvalue weighted by atomic mass is 9.82. The smallest absolute Gasteiger partial charge is 0.315 e. The van der Waals surface area contributed by atoms with Crippen molar-refractivity contribution in [2.24, 2.45) is 0 Å². The van der Waals surface area contributed by atoms with Crippen molar-refractivity contribution >= 4 is 17.7 Å². The number of amides is 1. The van der Waals surface area contributed by atoms with Crippen LogP contribution in [0.4, 0.5) is 0 Å². The van der Waals surface area contributed by atoms with Crippen molar-refractivity contribution in [3.8, 4) is 0 Å². The van der Waals surface area contributed by atoms with Crippen LogP contribution >= 0.6 is 0 Å². The van der Waals surface area contributed by atoms with E-state index in [-0.39, 0.29) is 18.1 Å². The van der Waals surface area contributed by atoms with Gasteiger partial charge in [-0.2, -0.15) is 0 Å². The Hall–Kier alpha value is -2.89. The van der Waals surface area contributed by atoms with Crippen molar-refractivity contribution in [3.63, 3.8) is 0 Å². The highest BCUT2D eigenvalue weighted by Gasteiger charge is 2.36. The second-order valence-corrected chi connectivity index (χ2v) is 6.82. The minimum absolute atomic E-state index is 0.00814. The van der Waals surface area contributed by atoms with Gasteiger partial charge in [-0.3, -0.25) is 14.4 Å². The van der Waals surface area contributed by atoms with Crippen molar-refractivity contribution in [1.82, 2.24) is 5.32 Å². The van der Waals surface area contributed by atoms with Crippen molar-refractivity contribution in [2.45, 2.75) is 38.5 Å². The van der Waals surface area contributed by atoms with Gasteiger partial charge in [0.15, 0.2) is 11.5 Å². The van der Waals surface area contributed by atoms with Crippen LogP contribution in [0, 0.1) is 6.92 Å². The highest BCUT2D eigenvalue weighted by Crippen LogP contribution is 2.29. The summed E-state index contributed by atoms with van der Waals surface area (Å²) in [6.45, 7) is 3.16. The summed E-state index contributed by atoms with van der Waals surface area (Å²) in [4.78, 5) is 36.5. The minimum atomic E-state index is -1.27. The van der Waals surface area contributed by atoms with E-state index in [2.05, 4.69) is 5.32 Å². The number of furan rings is 1. The highest BCUT2D eigenvalue weighted by atomic mass is 16.4. The second kappa shape index (κ2) is 6.78. The summed E-state index contributed by atoms with van der Waals surface area (Å²) in [5.74, 6) is -0.909. The Kier molecular flexibility index (Phi) is 4.68. The number of fused-ring (bicyclic) bond motifs is 1. The summed E-state index contributed by atoms with van der Waals surface area (Å²) >= 11 is 0. The van der Waals surface area contributed by atoms with Gasteiger partial charge in [-0.05, 0) is 25.8 Å². The molecule has 1 unspecified atom stereocenters. The molecule has 1 aliphatic rings. The van der Waals surface area contributed by atoms with E-state index in [9.17, 15) is 19.5 Å². The van der Waals surface area contributed by atoms with Crippen LogP contribution in [-0.4, -0.2) is 29.3 Å². The quantitative estimate of drug-likeness (QED) is 0.860. The van der Waals surface area contributed by atoms with Gasteiger partial charge < -0.3 is 14.8 Å². The largest absolute Gasteiger partial charge is 0.481 e. The molecule has 0 fully saturated rings. The minimum Gasteiger partial charge on any atom is -0.481 e. The molecule has 0 bridgehead atoms. The second-order valence-electron chi connectivity index (χ2n) is 6.82. The van der Waals surface area contributed by atoms with E-state index in [4.69, 9.17) is 4.42 Å². The molecular weight excluding hydrogens is 334 g/mol. The average Bonchev–Trinajstić information content (AvgIpc) is 2.98. The molecule has 0 spiro atoms. The molecule has 26 heavy (non-hydrogen) atoms. The number of carboxylic acids is 1. The molecule has 0 saturated carbocycles. The molecule has 136 valence electrons. The predicted molar refractivity (Wildman–Crippen MR) is 94.5 cm³/mol. The first-order valence-electron chi connectivity index (χ1n) is 8.57. The Morgan fingerprint density at radius 1 is 1.23 bits per heavy atom. The summed E-state index contributed by atoms with van der Waals surface area (Å²) < 4.78 is 5.62. The molecule has 0 saturated heterocycles. The molecule has 2 aromatic rings. The molecule has 6 heteroatoms. The first-order valence-corrected chi connectivity index (χ1v) is 8.57. The molecule has 2 N–H and O–H groups in total. The van der Waals surface area contributed by atoms with E-state index < -0.39 is 17.3 Å². The first-order chi connectivity index (χ1) is 12.3. The Morgan fingerprint density at radius 2 is 1.92 bits per heavy atom. The number of carbonyl (C=O) groups excluding carboxylic acids is 2. The molecule has 1 atom stereocenters. The van der Waals surface area contributed by atoms with E-state index >= 15 is 0 Å². The number of aryl methyl sites for hydroxylation is 1. The summed E-state index contributed by atoms with van der Waals surface area (Å²) in [5, 5.41) is 12.3. The Labute approximate surface area is 151 Å². The maximum absolute atomic E-state index is 12.6. The van der Waals surface area contributed by atoms with Crippen LogP contribution in [0.3, 0.4) is 0 Å². The number of Topliss-reactive ketones (excluding diaryl/α,β-unsaturated/α-hetero) is 1. The van der Waals surface area contributed by atoms with Crippen molar-refractivity contribution in [1.29, 1.82) is 0 Å². The van der Waals surface area contributed by atoms with Crippen LogP contribution in [0.25, 0.3) is 0 Å². The Bertz CT molecular complexity index is 868. The third-order valence-electron chi connectivity index (χ3n) is 5.00. The normalized spacial score (nSPS) is 15.8. The van der Waals surface area contributed by atoms with Gasteiger partial charge >= 0.3 is 5.97 Å². The van der Waals surface area contributed by atoms with Crippen LogP contribution in [0.1, 0.15) is 57.6 Å². The monoisotopic (exact) mass is 355 g/mol. The van der Waals surface area contributed by atoms with Crippen LogP contribution in [0.2, 0.25) is 0 Å². The van der Waals surface area contributed by atoms with Gasteiger partial charge in [0, 0.05) is 24.9 Å². The summed E-state index contributed by atoms with van der Waals surface area (Å²) in [7, 11) is 0. The number of aliphatic carboxylic acids is 1. The van der Waals surface area contributed by atoms with Crippen LogP contribution in [0.15, 0.2) is 34.7 Å². The van der Waals surface area contributed by atoms with Crippen LogP contribution in [0.5, 0.6) is 0 Å². The zero-order valence-corrected chi connectivity index (χ0v) is 14.8. The fourth-order valence-corrected chi connectivity index (χ4v) is 3.31. The van der Waals surface area contributed by atoms with E-state index in [0.29, 0.717) is 41.7 Å². The molecule has 6 nitrogen and oxygen atoms in total. The van der Waals surface area contributed by atoms with Gasteiger partial charge in [0.05, 0.1) is 5.56 Å². The molecule has 3 rings (SSSR count). The van der Waals surface area contributed by atoms with Gasteiger partial charge in [-0.25, -0.2) is 0 Å². The standard InChI is InChI=1S/C20H21NO5/c1-12-16-14(22)9-6-10-15(16)26-17(12)18(23)21-11-20(2,19(24)25)13-7-4-3-5-8-13/h3-5,7-8H,6,9-11H2,1-2H3,(H,21,23)(H,24,25). The van der Waals surface area contributed by atoms with Crippen molar-refractivity contribution in [2.75, 3.05) is 6.54 Å². The van der Waals surface area contributed by atoms with Crippen molar-refractivity contribution in [3.05, 3.63) is 58.5 Å². The number of hydrogen-bond donors (Lipinski definition) is 2. The van der Waals surface area contributed by atoms with E-state index in [1.165, 1.54) is 0 Å². The zero-order chi connectivity index (χ0) is 18.9. The Balaban J connectivity index is 1.82. The van der Waals surface area contributed by atoms with Gasteiger partial charge in [-0.15, -0.1) is 0 Å². The predicted octanol–water partition coefficient (Wildman–Crippen LogP) is 2.88. The Morgan fingerprint density at radius 3 is 2.54 bits per heavy atom. The van der Waals surface area contributed by atoms with Gasteiger partial charge in [-0.1, -0.05) is 30.3 Å². The lowest BCUT2D eigenvalue weighted by molar-refractivity contribution is -0.142. The number of ketones is 1. The van der Waals surface area contributed by atoms with Gasteiger partial charge in [0.1, 0.15) is 11.2 Å². The zero-order valence-electron chi connectivity index (χ0n) is 14.8. The number of nitrogens with one attached hydrogen (secondary N) is 1. The number of benzene rings is 1. The van der Waals surface area contributed by atoms with E-state index in [1.807, 2.05) is 0 Å². The topological polar surface area (TPSA) is 96.6 Å². The molecule has 1 aliphatic carbocycles. The van der Waals surface area contributed by atoms with Crippen LogP contribution < -0.4 is 5.32 Å². The summed E-state index contributed by atoms with van der Waals surface area (Å²) in [5.41, 5.74) is 0.357. The number of hydrogen-bond acceptors (Lipinski definition) is 4. The van der Waals surface area contributed by atoms with Gasteiger partial charge in [0.2, 0.25) is 0 Å². The molecular formula is C20H21NO5. The number of rotatable bonds is 5. The van der Waals surface area contributed by atoms with E-state index in [0.717, 1.165) is 0 Å². The SMILES string of the molecule is Cc1c(C(=O)NCC(C)(C(=O)O)c2ccccc2)oc2c1C(=O)CCC2. The molecule has 1 aromatic carbocycles. The molecule has 0 aliphatic heterocycles. The number of carboxylic acid groups (broad SMARTS) is 1. The molecule has 1 heterocycles. The molecule has 1 aromatic heterocycles. The van der Waals surface area contributed by atoms with E-state index in [1.54, 1.807) is 44.2 Å². The fraction of sp³-hybridized carbons (Fsp3) is 0.350. The fourth-order valence-electron chi connectivity index (χ4n) is 3.31.